The Kier molecular flexibility index (Phi) is 5.36. The zero-order chi connectivity index (χ0) is 17.5. The molecule has 0 spiro atoms. The Morgan fingerprint density at radius 2 is 1.72 bits per heavy atom. The lowest BCUT2D eigenvalue weighted by Gasteiger charge is -2.20. The highest BCUT2D eigenvalue weighted by molar-refractivity contribution is 5.75. The maximum Gasteiger partial charge on any atom is 0.315 e. The predicted molar refractivity (Wildman–Crippen MR) is 96.9 cm³/mol. The molecule has 0 fully saturated rings. The average molecular weight is 332 g/mol. The third-order valence-electron chi connectivity index (χ3n) is 3.87. The number of carbonyl (C=O) groups excluding carboxylic acids is 1. The van der Waals surface area contributed by atoms with Crippen molar-refractivity contribution >= 4 is 6.03 Å². The highest BCUT2D eigenvalue weighted by Gasteiger charge is 2.16. The van der Waals surface area contributed by atoms with Crippen LogP contribution in [0.5, 0.6) is 0 Å². The number of aromatic nitrogens is 2. The van der Waals surface area contributed by atoms with Gasteiger partial charge in [0.25, 0.3) is 0 Å². The largest absolute Gasteiger partial charge is 0.334 e. The van der Waals surface area contributed by atoms with E-state index < -0.39 is 0 Å². The Bertz CT molecular complexity index is 765. The van der Waals surface area contributed by atoms with Crippen LogP contribution in [0.4, 0.5) is 4.79 Å². The molecule has 5 heteroatoms. The van der Waals surface area contributed by atoms with E-state index in [1.54, 1.807) is 18.6 Å². The van der Waals surface area contributed by atoms with Crippen LogP contribution in [0, 0.1) is 6.92 Å². The van der Waals surface area contributed by atoms with Crippen molar-refractivity contribution < 1.29 is 4.79 Å². The highest BCUT2D eigenvalue weighted by atomic mass is 16.2. The average Bonchev–Trinajstić information content (AvgIpc) is 2.67. The van der Waals surface area contributed by atoms with E-state index in [0.29, 0.717) is 6.54 Å². The molecule has 126 valence electrons. The van der Waals surface area contributed by atoms with Crippen LogP contribution in [-0.4, -0.2) is 16.0 Å². The van der Waals surface area contributed by atoms with Crippen LogP contribution in [-0.2, 0) is 6.54 Å². The van der Waals surface area contributed by atoms with E-state index in [4.69, 9.17) is 0 Å². The molecule has 2 amide bonds. The first-order valence-corrected chi connectivity index (χ1v) is 8.13. The molecule has 0 aliphatic carbocycles. The fourth-order valence-corrected chi connectivity index (χ4v) is 2.53. The maximum absolute atomic E-state index is 12.4. The molecule has 3 rings (SSSR count). The summed E-state index contributed by atoms with van der Waals surface area (Å²) in [5.74, 6) is 0. The fourth-order valence-electron chi connectivity index (χ4n) is 2.53. The molecular formula is C20H20N4O. The van der Waals surface area contributed by atoms with Crippen LogP contribution in [0.3, 0.4) is 0 Å². The quantitative estimate of drug-likeness (QED) is 0.753. The SMILES string of the molecule is Cc1ccc(CNC(=O)N[C@@H](c2ccccc2)c2ccncc2)cn1. The van der Waals surface area contributed by atoms with Crippen LogP contribution in [0.2, 0.25) is 0 Å². The third kappa shape index (κ3) is 4.64. The second-order valence-electron chi connectivity index (χ2n) is 5.76. The normalized spacial score (nSPS) is 11.6. The van der Waals surface area contributed by atoms with E-state index in [1.165, 1.54) is 0 Å². The van der Waals surface area contributed by atoms with E-state index in [9.17, 15) is 4.79 Å². The first-order chi connectivity index (χ1) is 12.2. The summed E-state index contributed by atoms with van der Waals surface area (Å²) in [6.45, 7) is 2.36. The number of hydrogen-bond acceptors (Lipinski definition) is 3. The molecule has 2 N–H and O–H groups in total. The molecule has 25 heavy (non-hydrogen) atoms. The van der Waals surface area contributed by atoms with Gasteiger partial charge >= 0.3 is 6.03 Å². The number of benzene rings is 1. The number of aryl methyl sites for hydroxylation is 1. The molecule has 5 nitrogen and oxygen atoms in total. The molecule has 0 saturated carbocycles. The Labute approximate surface area is 147 Å². The van der Waals surface area contributed by atoms with Gasteiger partial charge in [-0.25, -0.2) is 4.79 Å². The van der Waals surface area contributed by atoms with Gasteiger partial charge in [0, 0.05) is 30.8 Å². The topological polar surface area (TPSA) is 66.9 Å². The van der Waals surface area contributed by atoms with Crippen LogP contribution in [0.25, 0.3) is 0 Å². The molecule has 0 radical (unpaired) electrons. The molecule has 3 aromatic rings. The molecule has 0 unspecified atom stereocenters. The first-order valence-electron chi connectivity index (χ1n) is 8.13. The van der Waals surface area contributed by atoms with Gasteiger partial charge in [0.15, 0.2) is 0 Å². The smallest absolute Gasteiger partial charge is 0.315 e. The van der Waals surface area contributed by atoms with Crippen LogP contribution in [0.1, 0.15) is 28.4 Å². The minimum Gasteiger partial charge on any atom is -0.334 e. The summed E-state index contributed by atoms with van der Waals surface area (Å²) in [6, 6.07) is 17.1. The number of pyridine rings is 2. The number of nitrogens with one attached hydrogen (secondary N) is 2. The second kappa shape index (κ2) is 8.06. The van der Waals surface area contributed by atoms with E-state index in [1.807, 2.05) is 61.5 Å². The first kappa shape index (κ1) is 16.6. The number of amides is 2. The van der Waals surface area contributed by atoms with Crippen LogP contribution >= 0.6 is 0 Å². The zero-order valence-electron chi connectivity index (χ0n) is 14.0. The number of urea groups is 1. The van der Waals surface area contributed by atoms with Crippen molar-refractivity contribution in [3.05, 3.63) is 95.6 Å². The molecule has 0 bridgehead atoms. The summed E-state index contributed by atoms with van der Waals surface area (Å²) in [5, 5.41) is 5.92. The Hall–Kier alpha value is -3.21. The summed E-state index contributed by atoms with van der Waals surface area (Å²) in [5.41, 5.74) is 3.91. The van der Waals surface area contributed by atoms with Crippen molar-refractivity contribution in [2.75, 3.05) is 0 Å². The summed E-state index contributed by atoms with van der Waals surface area (Å²) in [4.78, 5) is 20.7. The molecule has 1 aromatic carbocycles. The van der Waals surface area contributed by atoms with Gasteiger partial charge in [-0.05, 0) is 41.8 Å². The monoisotopic (exact) mass is 332 g/mol. The van der Waals surface area contributed by atoms with E-state index >= 15 is 0 Å². The van der Waals surface area contributed by atoms with Gasteiger partial charge in [-0.3, -0.25) is 9.97 Å². The predicted octanol–water partition coefficient (Wildman–Crippen LogP) is 3.37. The van der Waals surface area contributed by atoms with E-state index in [-0.39, 0.29) is 12.1 Å². The molecule has 1 atom stereocenters. The second-order valence-corrected chi connectivity index (χ2v) is 5.76. The summed E-state index contributed by atoms with van der Waals surface area (Å²) in [6.07, 6.45) is 5.22. The zero-order valence-corrected chi connectivity index (χ0v) is 14.0. The maximum atomic E-state index is 12.4. The Balaban J connectivity index is 1.69. The van der Waals surface area contributed by atoms with Gasteiger partial charge in [0.2, 0.25) is 0 Å². The van der Waals surface area contributed by atoms with Gasteiger partial charge in [-0.2, -0.15) is 0 Å². The minimum absolute atomic E-state index is 0.230. The molecule has 0 aliphatic rings. The van der Waals surface area contributed by atoms with Crippen molar-refractivity contribution in [3.8, 4) is 0 Å². The standard InChI is InChI=1S/C20H20N4O/c1-15-7-8-16(13-22-15)14-23-20(25)24-19(17-5-3-2-4-6-17)18-9-11-21-12-10-18/h2-13,19H,14H2,1H3,(H2,23,24,25)/t19-/m0/s1. The van der Waals surface area contributed by atoms with Gasteiger partial charge in [0.05, 0.1) is 6.04 Å². The Morgan fingerprint density at radius 1 is 1.00 bits per heavy atom. The van der Waals surface area contributed by atoms with Gasteiger partial charge in [0.1, 0.15) is 0 Å². The van der Waals surface area contributed by atoms with Crippen molar-refractivity contribution in [2.45, 2.75) is 19.5 Å². The van der Waals surface area contributed by atoms with Crippen molar-refractivity contribution in [3.63, 3.8) is 0 Å². The van der Waals surface area contributed by atoms with E-state index in [0.717, 1.165) is 22.4 Å². The summed E-state index contributed by atoms with van der Waals surface area (Å²) in [7, 11) is 0. The lowest BCUT2D eigenvalue weighted by Crippen LogP contribution is -2.38. The van der Waals surface area contributed by atoms with Gasteiger partial charge < -0.3 is 10.6 Å². The molecule has 0 saturated heterocycles. The fraction of sp³-hybridized carbons (Fsp3) is 0.150. The van der Waals surface area contributed by atoms with Crippen molar-refractivity contribution in [1.82, 2.24) is 20.6 Å². The minimum atomic E-state index is -0.236. The lowest BCUT2D eigenvalue weighted by atomic mass is 10.00. The Morgan fingerprint density at radius 3 is 2.40 bits per heavy atom. The van der Waals surface area contributed by atoms with Gasteiger partial charge in [-0.1, -0.05) is 36.4 Å². The van der Waals surface area contributed by atoms with Crippen LogP contribution in [0.15, 0.2) is 73.2 Å². The van der Waals surface area contributed by atoms with Crippen molar-refractivity contribution in [2.24, 2.45) is 0 Å². The van der Waals surface area contributed by atoms with Gasteiger partial charge in [-0.15, -0.1) is 0 Å². The lowest BCUT2D eigenvalue weighted by molar-refractivity contribution is 0.238. The summed E-state index contributed by atoms with van der Waals surface area (Å²) < 4.78 is 0. The number of rotatable bonds is 5. The molecular weight excluding hydrogens is 312 g/mol. The van der Waals surface area contributed by atoms with E-state index in [2.05, 4.69) is 20.6 Å². The number of nitrogens with zero attached hydrogens (tertiary/aromatic N) is 2. The third-order valence-corrected chi connectivity index (χ3v) is 3.87. The highest BCUT2D eigenvalue weighted by Crippen LogP contribution is 2.21. The van der Waals surface area contributed by atoms with Crippen molar-refractivity contribution in [1.29, 1.82) is 0 Å². The molecule has 0 aliphatic heterocycles. The summed E-state index contributed by atoms with van der Waals surface area (Å²) >= 11 is 0. The molecule has 2 aromatic heterocycles. The number of hydrogen-bond donors (Lipinski definition) is 2. The molecule has 2 heterocycles. The van der Waals surface area contributed by atoms with Crippen LogP contribution < -0.4 is 10.6 Å². The number of carbonyl (C=O) groups is 1.